The first-order chi connectivity index (χ1) is 16.8. The number of hydrogen-bond acceptors (Lipinski definition) is 6. The van der Waals surface area contributed by atoms with E-state index >= 15 is 0 Å². The summed E-state index contributed by atoms with van der Waals surface area (Å²) in [7, 11) is 0. The lowest BCUT2D eigenvalue weighted by atomic mass is 10.2. The van der Waals surface area contributed by atoms with Crippen LogP contribution in [-0.4, -0.2) is 18.1 Å². The average molecular weight is 578 g/mol. The summed E-state index contributed by atoms with van der Waals surface area (Å²) in [6.45, 7) is 0. The Kier molecular flexibility index (Phi) is 7.60. The minimum atomic E-state index is -1.51. The normalized spacial score (nSPS) is 10.7. The molecule has 35 heavy (non-hydrogen) atoms. The number of ether oxygens (including phenoxy) is 2. The lowest BCUT2D eigenvalue weighted by Gasteiger charge is -2.20. The van der Waals surface area contributed by atoms with Gasteiger partial charge < -0.3 is 13.9 Å². The van der Waals surface area contributed by atoms with Gasteiger partial charge in [-0.25, -0.2) is 4.79 Å². The standard InChI is InChI=1S/C24H15BrCl2N2O6/c25-14-1-10-20-13(11-14)12-19(23(32)35-20)21(30)28-29-22(31)24(33-17-6-2-15(26)3-7-17)34-18-8-4-16(27)5-9-18/h1-12,24H,(H,28,30)(H,29,31). The van der Waals surface area contributed by atoms with Crippen molar-refractivity contribution < 1.29 is 23.5 Å². The molecule has 0 aliphatic rings. The monoisotopic (exact) mass is 576 g/mol. The van der Waals surface area contributed by atoms with Crippen molar-refractivity contribution in [3.8, 4) is 11.5 Å². The van der Waals surface area contributed by atoms with Gasteiger partial charge in [-0.3, -0.25) is 20.4 Å². The Morgan fingerprint density at radius 1 is 0.829 bits per heavy atom. The number of halogens is 3. The van der Waals surface area contributed by atoms with Gasteiger partial charge in [-0.2, -0.15) is 0 Å². The Balaban J connectivity index is 1.50. The van der Waals surface area contributed by atoms with Crippen molar-refractivity contribution in [2.75, 3.05) is 0 Å². The number of carbonyl (C=O) groups excluding carboxylic acids is 2. The van der Waals surface area contributed by atoms with Gasteiger partial charge in [0.15, 0.2) is 0 Å². The third-order valence-electron chi connectivity index (χ3n) is 4.57. The van der Waals surface area contributed by atoms with Gasteiger partial charge in [-0.05, 0) is 72.8 Å². The highest BCUT2D eigenvalue weighted by Crippen LogP contribution is 2.21. The molecule has 0 radical (unpaired) electrons. The largest absolute Gasteiger partial charge is 0.446 e. The summed E-state index contributed by atoms with van der Waals surface area (Å²) in [4.78, 5) is 37.7. The van der Waals surface area contributed by atoms with Crippen LogP contribution in [0.15, 0.2) is 86.5 Å². The summed E-state index contributed by atoms with van der Waals surface area (Å²) < 4.78 is 17.2. The Hall–Kier alpha value is -3.53. The van der Waals surface area contributed by atoms with Crippen molar-refractivity contribution in [2.45, 2.75) is 6.29 Å². The molecule has 4 aromatic rings. The zero-order valence-corrected chi connectivity index (χ0v) is 20.7. The predicted octanol–water partition coefficient (Wildman–Crippen LogP) is 5.11. The van der Waals surface area contributed by atoms with Crippen molar-refractivity contribution in [3.63, 3.8) is 0 Å². The summed E-state index contributed by atoms with van der Waals surface area (Å²) in [6.07, 6.45) is -1.51. The molecular weight excluding hydrogens is 563 g/mol. The van der Waals surface area contributed by atoms with Crippen molar-refractivity contribution in [1.29, 1.82) is 0 Å². The topological polar surface area (TPSA) is 107 Å². The van der Waals surface area contributed by atoms with E-state index in [0.29, 0.717) is 21.0 Å². The van der Waals surface area contributed by atoms with Gasteiger partial charge in [-0.1, -0.05) is 39.1 Å². The number of amides is 2. The highest BCUT2D eigenvalue weighted by atomic mass is 79.9. The average Bonchev–Trinajstić information content (AvgIpc) is 2.84. The van der Waals surface area contributed by atoms with Gasteiger partial charge in [0, 0.05) is 19.9 Å². The molecule has 0 aliphatic heterocycles. The molecule has 1 heterocycles. The SMILES string of the molecule is O=C(NNC(=O)C(Oc1ccc(Cl)cc1)Oc1ccc(Cl)cc1)c1cc2cc(Br)ccc2oc1=O. The number of rotatable bonds is 6. The van der Waals surface area contributed by atoms with E-state index in [1.807, 2.05) is 0 Å². The Morgan fingerprint density at radius 2 is 1.40 bits per heavy atom. The van der Waals surface area contributed by atoms with E-state index in [1.54, 1.807) is 66.7 Å². The molecule has 178 valence electrons. The molecule has 11 heteroatoms. The molecule has 0 aliphatic carbocycles. The second-order valence-corrected chi connectivity index (χ2v) is 8.84. The molecule has 3 aromatic carbocycles. The quantitative estimate of drug-likeness (QED) is 0.187. The van der Waals surface area contributed by atoms with E-state index in [0.717, 1.165) is 4.47 Å². The van der Waals surface area contributed by atoms with Crippen LogP contribution < -0.4 is 26.0 Å². The van der Waals surface area contributed by atoms with Crippen molar-refractivity contribution in [2.24, 2.45) is 0 Å². The fourth-order valence-electron chi connectivity index (χ4n) is 2.90. The molecule has 0 atom stereocenters. The molecule has 0 saturated carbocycles. The summed E-state index contributed by atoms with van der Waals surface area (Å²) >= 11 is 15.1. The highest BCUT2D eigenvalue weighted by Gasteiger charge is 2.24. The number of nitrogens with one attached hydrogen (secondary N) is 2. The lowest BCUT2D eigenvalue weighted by Crippen LogP contribution is -2.50. The van der Waals surface area contributed by atoms with Crippen LogP contribution in [0.4, 0.5) is 0 Å². The third kappa shape index (κ3) is 6.33. The number of benzene rings is 3. The van der Waals surface area contributed by atoms with Crippen molar-refractivity contribution >= 4 is 61.9 Å². The highest BCUT2D eigenvalue weighted by molar-refractivity contribution is 9.10. The van der Waals surface area contributed by atoms with Gasteiger partial charge in [0.2, 0.25) is 0 Å². The van der Waals surface area contributed by atoms with Crippen LogP contribution in [-0.2, 0) is 4.79 Å². The lowest BCUT2D eigenvalue weighted by molar-refractivity contribution is -0.141. The van der Waals surface area contributed by atoms with Gasteiger partial charge in [0.1, 0.15) is 22.6 Å². The number of hydrogen-bond donors (Lipinski definition) is 2. The molecule has 2 amide bonds. The minimum absolute atomic E-state index is 0.288. The fourth-order valence-corrected chi connectivity index (χ4v) is 3.53. The van der Waals surface area contributed by atoms with E-state index in [2.05, 4.69) is 26.8 Å². The van der Waals surface area contributed by atoms with Crippen LogP contribution in [0.5, 0.6) is 11.5 Å². The van der Waals surface area contributed by atoms with E-state index in [-0.39, 0.29) is 17.1 Å². The Bertz CT molecular complexity index is 1390. The van der Waals surface area contributed by atoms with Gasteiger partial charge in [0.25, 0.3) is 5.91 Å². The Labute approximate surface area is 216 Å². The van der Waals surface area contributed by atoms with Crippen molar-refractivity contribution in [1.82, 2.24) is 10.9 Å². The molecule has 8 nitrogen and oxygen atoms in total. The zero-order chi connectivity index (χ0) is 24.9. The number of carbonyl (C=O) groups is 2. The maximum Gasteiger partial charge on any atom is 0.349 e. The van der Waals surface area contributed by atoms with Crippen LogP contribution in [0.25, 0.3) is 11.0 Å². The van der Waals surface area contributed by atoms with E-state index in [9.17, 15) is 14.4 Å². The fraction of sp³-hybridized carbons (Fsp3) is 0.0417. The summed E-state index contributed by atoms with van der Waals surface area (Å²) in [5.74, 6) is -1.16. The molecule has 0 spiro atoms. The first-order valence-electron chi connectivity index (χ1n) is 9.96. The van der Waals surface area contributed by atoms with Crippen molar-refractivity contribution in [3.05, 3.63) is 103 Å². The third-order valence-corrected chi connectivity index (χ3v) is 5.56. The molecular formula is C24H15BrCl2N2O6. The molecule has 0 saturated heterocycles. The maximum atomic E-state index is 12.8. The van der Waals surface area contributed by atoms with E-state index in [4.69, 9.17) is 37.1 Å². The summed E-state index contributed by atoms with van der Waals surface area (Å²) in [5.41, 5.74) is 3.52. The first-order valence-corrected chi connectivity index (χ1v) is 11.5. The molecule has 1 aromatic heterocycles. The molecule has 2 N–H and O–H groups in total. The van der Waals surface area contributed by atoms with Crippen LogP contribution in [0.3, 0.4) is 0 Å². The molecule has 0 bridgehead atoms. The molecule has 4 rings (SSSR count). The van der Waals surface area contributed by atoms with E-state index < -0.39 is 23.7 Å². The smallest absolute Gasteiger partial charge is 0.349 e. The van der Waals surface area contributed by atoms with Gasteiger partial charge in [0.05, 0.1) is 0 Å². The maximum absolute atomic E-state index is 12.8. The van der Waals surface area contributed by atoms with Crippen LogP contribution >= 0.6 is 39.1 Å². The van der Waals surface area contributed by atoms with E-state index in [1.165, 1.54) is 6.07 Å². The summed E-state index contributed by atoms with van der Waals surface area (Å²) in [6, 6.07) is 18.8. The van der Waals surface area contributed by atoms with Gasteiger partial charge >= 0.3 is 17.8 Å². The minimum Gasteiger partial charge on any atom is -0.446 e. The molecule has 0 fully saturated rings. The Morgan fingerprint density at radius 3 is 1.97 bits per heavy atom. The second-order valence-electron chi connectivity index (χ2n) is 7.05. The molecule has 0 unspecified atom stereocenters. The van der Waals surface area contributed by atoms with Gasteiger partial charge in [-0.15, -0.1) is 0 Å². The second kappa shape index (κ2) is 10.8. The first kappa shape index (κ1) is 24.6. The predicted molar refractivity (Wildman–Crippen MR) is 134 cm³/mol. The zero-order valence-electron chi connectivity index (χ0n) is 17.6. The van der Waals surface area contributed by atoms with Crippen LogP contribution in [0, 0.1) is 0 Å². The number of fused-ring (bicyclic) bond motifs is 1. The summed E-state index contributed by atoms with van der Waals surface area (Å²) in [5, 5.41) is 1.47. The van der Waals surface area contributed by atoms with Crippen LogP contribution in [0.2, 0.25) is 10.0 Å². The van der Waals surface area contributed by atoms with Crippen LogP contribution in [0.1, 0.15) is 10.4 Å². The number of hydrazine groups is 1.